The van der Waals surface area contributed by atoms with Gasteiger partial charge in [0.1, 0.15) is 5.56 Å². The quantitative estimate of drug-likeness (QED) is 0.604. The molecule has 0 radical (unpaired) electrons. The van der Waals surface area contributed by atoms with Crippen molar-refractivity contribution in [2.24, 2.45) is 0 Å². The lowest BCUT2D eigenvalue weighted by Gasteiger charge is -2.06. The normalized spacial score (nSPS) is 9.67. The van der Waals surface area contributed by atoms with Gasteiger partial charge in [-0.1, -0.05) is 6.07 Å². The second kappa shape index (κ2) is 4.41. The first kappa shape index (κ1) is 11.0. The van der Waals surface area contributed by atoms with Crippen LogP contribution in [0.1, 0.15) is 17.3 Å². The molecule has 0 aliphatic heterocycles. The molecule has 15 heavy (non-hydrogen) atoms. The number of carboxylic acid groups (broad SMARTS) is 1. The van der Waals surface area contributed by atoms with Crippen LogP contribution in [0.25, 0.3) is 0 Å². The fourth-order valence-corrected chi connectivity index (χ4v) is 1.13. The highest BCUT2D eigenvalue weighted by molar-refractivity contribution is 5.92. The average molecular weight is 211 g/mol. The number of benzene rings is 1. The highest BCUT2D eigenvalue weighted by atomic mass is 16.6. The zero-order chi connectivity index (χ0) is 11.4. The van der Waals surface area contributed by atoms with Gasteiger partial charge in [-0.25, -0.2) is 4.79 Å². The van der Waals surface area contributed by atoms with Gasteiger partial charge in [-0.3, -0.25) is 10.1 Å². The Kier molecular flexibility index (Phi) is 3.22. The maximum absolute atomic E-state index is 10.8. The highest BCUT2D eigenvalue weighted by Gasteiger charge is 2.22. The number of carboxylic acids is 1. The number of aromatic carboxylic acids is 1. The third-order valence-electron chi connectivity index (χ3n) is 1.71. The number of nitrogens with zero attached hydrogens (tertiary/aromatic N) is 1. The molecule has 0 aliphatic rings. The van der Waals surface area contributed by atoms with E-state index in [0.717, 1.165) is 0 Å². The molecular weight excluding hydrogens is 202 g/mol. The summed E-state index contributed by atoms with van der Waals surface area (Å²) in [6.45, 7) is 1.80. The first-order valence-electron chi connectivity index (χ1n) is 4.21. The molecule has 1 aromatic carbocycles. The molecule has 1 aromatic rings. The number of ether oxygens (including phenoxy) is 1. The van der Waals surface area contributed by atoms with E-state index in [2.05, 4.69) is 0 Å². The lowest BCUT2D eigenvalue weighted by molar-refractivity contribution is -0.385. The molecule has 1 N–H and O–H groups in total. The van der Waals surface area contributed by atoms with E-state index in [9.17, 15) is 14.9 Å². The summed E-state index contributed by atoms with van der Waals surface area (Å²) in [6.07, 6.45) is 0. The summed E-state index contributed by atoms with van der Waals surface area (Å²) in [5, 5.41) is 19.4. The summed E-state index contributed by atoms with van der Waals surface area (Å²) in [4.78, 5) is 20.7. The van der Waals surface area contributed by atoms with Gasteiger partial charge in [0.25, 0.3) is 0 Å². The van der Waals surface area contributed by atoms with Crippen LogP contribution in [-0.2, 0) is 0 Å². The van der Waals surface area contributed by atoms with Gasteiger partial charge in [-0.05, 0) is 13.0 Å². The standard InChI is InChI=1S/C9H9NO5/c1-2-15-8-6(9(11)12)4-3-5-7(8)10(13)14/h3-5H,2H2,1H3,(H,11,12). The molecule has 0 aliphatic carbocycles. The van der Waals surface area contributed by atoms with Crippen LogP contribution in [-0.4, -0.2) is 22.6 Å². The molecule has 0 bridgehead atoms. The van der Waals surface area contributed by atoms with Crippen molar-refractivity contribution in [2.45, 2.75) is 6.92 Å². The van der Waals surface area contributed by atoms with E-state index in [1.54, 1.807) is 6.92 Å². The van der Waals surface area contributed by atoms with Crippen LogP contribution >= 0.6 is 0 Å². The van der Waals surface area contributed by atoms with Crippen LogP contribution < -0.4 is 4.74 Å². The van der Waals surface area contributed by atoms with E-state index in [-0.39, 0.29) is 23.6 Å². The van der Waals surface area contributed by atoms with Crippen molar-refractivity contribution in [1.29, 1.82) is 0 Å². The second-order valence-electron chi connectivity index (χ2n) is 2.65. The van der Waals surface area contributed by atoms with E-state index in [4.69, 9.17) is 9.84 Å². The molecule has 6 nitrogen and oxygen atoms in total. The van der Waals surface area contributed by atoms with Gasteiger partial charge in [0.05, 0.1) is 11.5 Å². The maximum atomic E-state index is 10.8. The minimum absolute atomic E-state index is 0.172. The predicted molar refractivity (Wildman–Crippen MR) is 51.2 cm³/mol. The third-order valence-corrected chi connectivity index (χ3v) is 1.71. The molecule has 0 heterocycles. The Hall–Kier alpha value is -2.11. The number of hydrogen-bond donors (Lipinski definition) is 1. The molecule has 0 fully saturated rings. The van der Waals surface area contributed by atoms with Crippen LogP contribution in [0.2, 0.25) is 0 Å². The van der Waals surface area contributed by atoms with Crippen molar-refractivity contribution in [3.63, 3.8) is 0 Å². The van der Waals surface area contributed by atoms with E-state index in [1.807, 2.05) is 0 Å². The van der Waals surface area contributed by atoms with Crippen molar-refractivity contribution in [3.05, 3.63) is 33.9 Å². The van der Waals surface area contributed by atoms with Crippen molar-refractivity contribution >= 4 is 11.7 Å². The monoisotopic (exact) mass is 211 g/mol. The van der Waals surface area contributed by atoms with Crippen LogP contribution in [0.15, 0.2) is 18.2 Å². The molecule has 0 atom stereocenters. The minimum Gasteiger partial charge on any atom is -0.487 e. The topological polar surface area (TPSA) is 89.7 Å². The van der Waals surface area contributed by atoms with E-state index in [1.165, 1.54) is 18.2 Å². The average Bonchev–Trinajstić information content (AvgIpc) is 2.17. The van der Waals surface area contributed by atoms with E-state index in [0.29, 0.717) is 0 Å². The number of nitro benzene ring substituents is 1. The molecule has 80 valence electrons. The Morgan fingerprint density at radius 3 is 2.73 bits per heavy atom. The Balaban J connectivity index is 3.34. The van der Waals surface area contributed by atoms with Gasteiger partial charge in [-0.15, -0.1) is 0 Å². The van der Waals surface area contributed by atoms with Gasteiger partial charge in [0.2, 0.25) is 5.75 Å². The second-order valence-corrected chi connectivity index (χ2v) is 2.65. The van der Waals surface area contributed by atoms with Crippen molar-refractivity contribution < 1.29 is 19.6 Å². The summed E-state index contributed by atoms with van der Waals surface area (Å²) in [6, 6.07) is 3.78. The Morgan fingerprint density at radius 1 is 1.60 bits per heavy atom. The molecule has 6 heteroatoms. The van der Waals surface area contributed by atoms with Gasteiger partial charge in [0.15, 0.2) is 0 Å². The van der Waals surface area contributed by atoms with E-state index < -0.39 is 10.9 Å². The fraction of sp³-hybridized carbons (Fsp3) is 0.222. The van der Waals surface area contributed by atoms with Gasteiger partial charge >= 0.3 is 11.7 Å². The Morgan fingerprint density at radius 2 is 2.27 bits per heavy atom. The molecule has 0 saturated carbocycles. The fourth-order valence-electron chi connectivity index (χ4n) is 1.13. The third kappa shape index (κ3) is 2.22. The first-order valence-corrected chi connectivity index (χ1v) is 4.21. The first-order chi connectivity index (χ1) is 7.07. The predicted octanol–water partition coefficient (Wildman–Crippen LogP) is 1.69. The SMILES string of the molecule is CCOc1c(C(=O)O)cccc1[N+](=O)[O-]. The zero-order valence-corrected chi connectivity index (χ0v) is 7.97. The molecule has 0 unspecified atom stereocenters. The molecule has 0 spiro atoms. The van der Waals surface area contributed by atoms with Crippen molar-refractivity contribution in [1.82, 2.24) is 0 Å². The van der Waals surface area contributed by atoms with Crippen LogP contribution in [0.5, 0.6) is 5.75 Å². The number of hydrogen-bond acceptors (Lipinski definition) is 4. The van der Waals surface area contributed by atoms with Crippen LogP contribution in [0.4, 0.5) is 5.69 Å². The summed E-state index contributed by atoms with van der Waals surface area (Å²) in [7, 11) is 0. The number of rotatable bonds is 4. The molecular formula is C9H9NO5. The number of nitro groups is 1. The van der Waals surface area contributed by atoms with Gasteiger partial charge in [0, 0.05) is 6.07 Å². The largest absolute Gasteiger partial charge is 0.487 e. The summed E-state index contributed by atoms with van der Waals surface area (Å²) < 4.78 is 4.97. The highest BCUT2D eigenvalue weighted by Crippen LogP contribution is 2.30. The van der Waals surface area contributed by atoms with Crippen molar-refractivity contribution in [3.8, 4) is 5.75 Å². The molecule has 1 rings (SSSR count). The van der Waals surface area contributed by atoms with Gasteiger partial charge < -0.3 is 9.84 Å². The summed E-state index contributed by atoms with van der Waals surface area (Å²) in [5.41, 5.74) is -0.539. The number of carbonyl (C=O) groups is 1. The molecule has 0 amide bonds. The Labute approximate surface area is 85.2 Å². The van der Waals surface area contributed by atoms with E-state index >= 15 is 0 Å². The molecule has 0 aromatic heterocycles. The van der Waals surface area contributed by atoms with Crippen LogP contribution in [0, 0.1) is 10.1 Å². The number of para-hydroxylation sites is 1. The summed E-state index contributed by atoms with van der Waals surface area (Å²) >= 11 is 0. The van der Waals surface area contributed by atoms with Crippen LogP contribution in [0.3, 0.4) is 0 Å². The Bertz CT molecular complexity index is 369. The maximum Gasteiger partial charge on any atom is 0.339 e. The van der Waals surface area contributed by atoms with Gasteiger partial charge in [-0.2, -0.15) is 0 Å². The minimum atomic E-state index is -1.25. The molecule has 0 saturated heterocycles. The van der Waals surface area contributed by atoms with Crippen molar-refractivity contribution in [2.75, 3.05) is 6.61 Å². The smallest absolute Gasteiger partial charge is 0.339 e. The lowest BCUT2D eigenvalue weighted by atomic mass is 10.2. The zero-order valence-electron chi connectivity index (χ0n) is 7.97. The summed E-state index contributed by atoms with van der Waals surface area (Å²) in [5.74, 6) is -1.44. The lowest BCUT2D eigenvalue weighted by Crippen LogP contribution is -2.05.